The van der Waals surface area contributed by atoms with Crippen LogP contribution in [0.2, 0.25) is 0 Å². The second kappa shape index (κ2) is 5.74. The van der Waals surface area contributed by atoms with Crippen molar-refractivity contribution in [1.29, 1.82) is 5.26 Å². The molecule has 96 valence electrons. The van der Waals surface area contributed by atoms with Crippen LogP contribution in [0.4, 0.5) is 5.69 Å². The van der Waals surface area contributed by atoms with Crippen LogP contribution in [0.5, 0.6) is 5.75 Å². The zero-order valence-electron chi connectivity index (χ0n) is 10.3. The van der Waals surface area contributed by atoms with Gasteiger partial charge in [-0.25, -0.2) is 0 Å². The normalized spacial score (nSPS) is 9.68. The van der Waals surface area contributed by atoms with E-state index in [2.05, 4.69) is 5.32 Å². The van der Waals surface area contributed by atoms with E-state index in [1.54, 1.807) is 37.3 Å². The fourth-order valence-electron chi connectivity index (χ4n) is 1.57. The zero-order chi connectivity index (χ0) is 13.7. The molecule has 1 amide bonds. The first-order valence-electron chi connectivity index (χ1n) is 5.66. The number of hydrogen-bond donors (Lipinski definition) is 1. The number of furan rings is 1. The summed E-state index contributed by atoms with van der Waals surface area (Å²) in [6.45, 7) is 1.76. The SMILES string of the molecule is Cc1ccoc1C(=O)Nc1cccc(OCC#N)c1. The predicted molar refractivity (Wildman–Crippen MR) is 68.9 cm³/mol. The number of carbonyl (C=O) groups is 1. The number of carbonyl (C=O) groups excluding carboxylic acids is 1. The molecule has 0 atom stereocenters. The zero-order valence-corrected chi connectivity index (χ0v) is 10.3. The quantitative estimate of drug-likeness (QED) is 0.912. The minimum Gasteiger partial charge on any atom is -0.479 e. The van der Waals surface area contributed by atoms with E-state index in [4.69, 9.17) is 14.4 Å². The van der Waals surface area contributed by atoms with Gasteiger partial charge in [-0.1, -0.05) is 6.07 Å². The first-order chi connectivity index (χ1) is 9.20. The summed E-state index contributed by atoms with van der Waals surface area (Å²) in [5.41, 5.74) is 1.35. The summed E-state index contributed by atoms with van der Waals surface area (Å²) in [5.74, 6) is 0.485. The van der Waals surface area contributed by atoms with Gasteiger partial charge in [-0.3, -0.25) is 4.79 Å². The van der Waals surface area contributed by atoms with Crippen LogP contribution < -0.4 is 10.1 Å². The largest absolute Gasteiger partial charge is 0.479 e. The van der Waals surface area contributed by atoms with Gasteiger partial charge < -0.3 is 14.5 Å². The molecule has 0 aliphatic carbocycles. The lowest BCUT2D eigenvalue weighted by Crippen LogP contribution is -2.12. The van der Waals surface area contributed by atoms with Crippen molar-refractivity contribution in [3.05, 3.63) is 47.9 Å². The second-order valence-electron chi connectivity index (χ2n) is 3.86. The summed E-state index contributed by atoms with van der Waals surface area (Å²) in [7, 11) is 0. The highest BCUT2D eigenvalue weighted by Gasteiger charge is 2.12. The Labute approximate surface area is 110 Å². The molecule has 0 radical (unpaired) electrons. The van der Waals surface area contributed by atoms with Gasteiger partial charge in [-0.2, -0.15) is 5.26 Å². The number of anilines is 1. The fraction of sp³-hybridized carbons (Fsp3) is 0.143. The number of nitrogens with one attached hydrogen (secondary N) is 1. The van der Waals surface area contributed by atoms with Gasteiger partial charge in [0.25, 0.3) is 5.91 Å². The molecule has 1 heterocycles. The molecule has 0 saturated carbocycles. The molecule has 0 spiro atoms. The van der Waals surface area contributed by atoms with E-state index in [0.717, 1.165) is 5.56 Å². The first kappa shape index (κ1) is 12.7. The number of benzene rings is 1. The smallest absolute Gasteiger partial charge is 0.291 e. The number of amides is 1. The molecule has 0 aliphatic rings. The first-order valence-corrected chi connectivity index (χ1v) is 5.66. The summed E-state index contributed by atoms with van der Waals surface area (Å²) in [6.07, 6.45) is 1.47. The Morgan fingerprint density at radius 2 is 2.32 bits per heavy atom. The van der Waals surface area contributed by atoms with Gasteiger partial charge >= 0.3 is 0 Å². The second-order valence-corrected chi connectivity index (χ2v) is 3.86. The van der Waals surface area contributed by atoms with Crippen LogP contribution >= 0.6 is 0 Å². The third kappa shape index (κ3) is 3.13. The summed E-state index contributed by atoms with van der Waals surface area (Å²) in [5, 5.41) is 11.1. The number of hydrogen-bond acceptors (Lipinski definition) is 4. The summed E-state index contributed by atoms with van der Waals surface area (Å²) < 4.78 is 10.3. The van der Waals surface area contributed by atoms with Gasteiger partial charge in [0.1, 0.15) is 11.8 Å². The highest BCUT2D eigenvalue weighted by molar-refractivity contribution is 6.03. The monoisotopic (exact) mass is 256 g/mol. The van der Waals surface area contributed by atoms with E-state index in [0.29, 0.717) is 11.4 Å². The van der Waals surface area contributed by atoms with Crippen LogP contribution in [-0.4, -0.2) is 12.5 Å². The van der Waals surface area contributed by atoms with Crippen molar-refractivity contribution in [2.75, 3.05) is 11.9 Å². The van der Waals surface area contributed by atoms with Crippen molar-refractivity contribution in [2.45, 2.75) is 6.92 Å². The maximum Gasteiger partial charge on any atom is 0.291 e. The Hall–Kier alpha value is -2.74. The lowest BCUT2D eigenvalue weighted by molar-refractivity contribution is 0.0996. The molecule has 0 unspecified atom stereocenters. The van der Waals surface area contributed by atoms with Crippen LogP contribution in [0.25, 0.3) is 0 Å². The van der Waals surface area contributed by atoms with Gasteiger partial charge in [0.05, 0.1) is 6.26 Å². The molecule has 5 heteroatoms. The molecule has 1 aromatic heterocycles. The summed E-state index contributed by atoms with van der Waals surface area (Å²) in [4.78, 5) is 11.9. The fourth-order valence-corrected chi connectivity index (χ4v) is 1.57. The van der Waals surface area contributed by atoms with Gasteiger partial charge in [0, 0.05) is 17.3 Å². The van der Waals surface area contributed by atoms with E-state index in [9.17, 15) is 4.79 Å². The van der Waals surface area contributed by atoms with Gasteiger partial charge in [-0.05, 0) is 25.1 Å². The average molecular weight is 256 g/mol. The molecule has 0 aliphatic heterocycles. The molecule has 0 bridgehead atoms. The van der Waals surface area contributed by atoms with Crippen molar-refractivity contribution in [2.24, 2.45) is 0 Å². The van der Waals surface area contributed by atoms with Crippen LogP contribution in [0.3, 0.4) is 0 Å². The van der Waals surface area contributed by atoms with Crippen LogP contribution in [0.15, 0.2) is 41.0 Å². The molecule has 1 aromatic carbocycles. The van der Waals surface area contributed by atoms with Crippen LogP contribution in [0.1, 0.15) is 16.1 Å². The topological polar surface area (TPSA) is 75.3 Å². The third-order valence-corrected chi connectivity index (χ3v) is 2.46. The van der Waals surface area contributed by atoms with Crippen molar-refractivity contribution in [3.8, 4) is 11.8 Å². The lowest BCUT2D eigenvalue weighted by Gasteiger charge is -2.06. The van der Waals surface area contributed by atoms with E-state index in [1.807, 2.05) is 6.07 Å². The van der Waals surface area contributed by atoms with Crippen molar-refractivity contribution in [3.63, 3.8) is 0 Å². The maximum absolute atomic E-state index is 11.9. The predicted octanol–water partition coefficient (Wildman–Crippen LogP) is 2.74. The number of nitrogens with zero attached hydrogens (tertiary/aromatic N) is 1. The van der Waals surface area contributed by atoms with Gasteiger partial charge in [0.2, 0.25) is 0 Å². The van der Waals surface area contributed by atoms with Crippen molar-refractivity contribution >= 4 is 11.6 Å². The minimum atomic E-state index is -0.320. The van der Waals surface area contributed by atoms with E-state index >= 15 is 0 Å². The number of rotatable bonds is 4. The maximum atomic E-state index is 11.9. The summed E-state index contributed by atoms with van der Waals surface area (Å²) >= 11 is 0. The summed E-state index contributed by atoms with van der Waals surface area (Å²) in [6, 6.07) is 10.4. The Morgan fingerprint density at radius 1 is 1.47 bits per heavy atom. The molecular weight excluding hydrogens is 244 g/mol. The van der Waals surface area contributed by atoms with E-state index in [-0.39, 0.29) is 18.3 Å². The highest BCUT2D eigenvalue weighted by atomic mass is 16.5. The van der Waals surface area contributed by atoms with Gasteiger partial charge in [0.15, 0.2) is 12.4 Å². The molecule has 2 rings (SSSR count). The number of ether oxygens (including phenoxy) is 1. The average Bonchev–Trinajstić information content (AvgIpc) is 2.83. The molecule has 1 N–H and O–H groups in total. The van der Waals surface area contributed by atoms with Gasteiger partial charge in [-0.15, -0.1) is 0 Å². The van der Waals surface area contributed by atoms with E-state index < -0.39 is 0 Å². The van der Waals surface area contributed by atoms with Crippen LogP contribution in [-0.2, 0) is 0 Å². The Bertz CT molecular complexity index is 626. The Balaban J connectivity index is 2.09. The Morgan fingerprint density at radius 3 is 3.00 bits per heavy atom. The number of nitriles is 1. The molecule has 0 fully saturated rings. The van der Waals surface area contributed by atoms with Crippen molar-refractivity contribution < 1.29 is 13.9 Å². The lowest BCUT2D eigenvalue weighted by atomic mass is 10.2. The highest BCUT2D eigenvalue weighted by Crippen LogP contribution is 2.19. The molecule has 2 aromatic rings. The standard InChI is InChI=1S/C14H12N2O3/c1-10-5-7-19-13(10)14(17)16-11-3-2-4-12(9-11)18-8-6-15/h2-5,7,9H,8H2,1H3,(H,16,17). The minimum absolute atomic E-state index is 0.0330. The Kier molecular flexibility index (Phi) is 3.84. The number of aryl methyl sites for hydroxylation is 1. The molecular formula is C14H12N2O3. The molecule has 0 saturated heterocycles. The molecule has 19 heavy (non-hydrogen) atoms. The van der Waals surface area contributed by atoms with Crippen LogP contribution in [0, 0.1) is 18.3 Å². The van der Waals surface area contributed by atoms with E-state index in [1.165, 1.54) is 6.26 Å². The van der Waals surface area contributed by atoms with Crippen molar-refractivity contribution in [1.82, 2.24) is 0 Å². The molecule has 5 nitrogen and oxygen atoms in total. The third-order valence-electron chi connectivity index (χ3n) is 2.46.